The summed E-state index contributed by atoms with van der Waals surface area (Å²) in [6, 6.07) is 10.1. The molecule has 1 aliphatic carbocycles. The highest BCUT2D eigenvalue weighted by Crippen LogP contribution is 2.46. The molecular weight excluding hydrogens is 388 g/mol. The minimum atomic E-state index is -0.503. The second-order valence-electron chi connectivity index (χ2n) is 7.64. The molecule has 0 amide bonds. The first-order valence-corrected chi connectivity index (χ1v) is 11.1. The molecule has 1 aliphatic heterocycles. The smallest absolute Gasteiger partial charge is 0.322 e. The monoisotopic (exact) mass is 416 g/mol. The van der Waals surface area contributed by atoms with Crippen LogP contribution in [0.2, 0.25) is 0 Å². The summed E-state index contributed by atoms with van der Waals surface area (Å²) in [6.45, 7) is 1.94. The molecule has 1 saturated heterocycles. The van der Waals surface area contributed by atoms with Crippen molar-refractivity contribution in [2.45, 2.75) is 54.5 Å². The van der Waals surface area contributed by atoms with E-state index in [-0.39, 0.29) is 5.97 Å². The zero-order valence-electron chi connectivity index (χ0n) is 17.0. The molecule has 7 nitrogen and oxygen atoms in total. The van der Waals surface area contributed by atoms with Gasteiger partial charge in [0.05, 0.1) is 18.4 Å². The number of para-hydroxylation sites is 1. The molecule has 0 unspecified atom stereocenters. The number of carbonyl (C=O) groups is 1. The van der Waals surface area contributed by atoms with Crippen LogP contribution in [0.3, 0.4) is 0 Å². The van der Waals surface area contributed by atoms with E-state index in [1.807, 2.05) is 30.3 Å². The number of anilines is 1. The van der Waals surface area contributed by atoms with Crippen LogP contribution in [0.5, 0.6) is 0 Å². The molecule has 156 valence electrons. The maximum absolute atomic E-state index is 12.7. The van der Waals surface area contributed by atoms with Gasteiger partial charge in [0.1, 0.15) is 5.25 Å². The second kappa shape index (κ2) is 8.75. The predicted molar refractivity (Wildman–Crippen MR) is 113 cm³/mol. The third-order valence-electron chi connectivity index (χ3n) is 5.99. The summed E-state index contributed by atoms with van der Waals surface area (Å²) >= 11 is 1.40. The van der Waals surface area contributed by atoms with Crippen LogP contribution in [0.25, 0.3) is 5.69 Å². The molecule has 2 heterocycles. The number of esters is 1. The number of carbonyl (C=O) groups excluding carboxylic acids is 1. The molecule has 8 heteroatoms. The Labute approximate surface area is 175 Å². The molecule has 0 spiro atoms. The van der Waals surface area contributed by atoms with Crippen molar-refractivity contribution in [1.29, 1.82) is 0 Å². The number of thioether (sulfide) groups is 1. The molecule has 0 N–H and O–H groups in total. The summed E-state index contributed by atoms with van der Waals surface area (Å²) in [5, 5.41) is 9.24. The zero-order chi connectivity index (χ0) is 20.3. The number of hydrogen-bond donors (Lipinski definition) is 0. The van der Waals surface area contributed by atoms with Crippen molar-refractivity contribution < 1.29 is 14.3 Å². The highest BCUT2D eigenvalue weighted by molar-refractivity contribution is 8.00. The highest BCUT2D eigenvalue weighted by atomic mass is 32.2. The number of aromatic nitrogens is 3. The van der Waals surface area contributed by atoms with Crippen LogP contribution < -0.4 is 4.90 Å². The predicted octanol–water partition coefficient (Wildman–Crippen LogP) is 3.46. The number of rotatable bonds is 7. The molecular formula is C21H28N4O3S. The Hall–Kier alpha value is -2.06. The largest absolute Gasteiger partial charge is 0.468 e. The Bertz CT molecular complexity index is 826. The molecule has 2 aliphatic rings. The van der Waals surface area contributed by atoms with Gasteiger partial charge >= 0.3 is 5.97 Å². The van der Waals surface area contributed by atoms with E-state index in [9.17, 15) is 4.79 Å². The minimum absolute atomic E-state index is 0.279. The summed E-state index contributed by atoms with van der Waals surface area (Å²) in [5.74, 6) is 0.556. The van der Waals surface area contributed by atoms with Crippen LogP contribution in [0.15, 0.2) is 35.5 Å². The fourth-order valence-electron chi connectivity index (χ4n) is 4.12. The Balaban J connectivity index is 1.72. The maximum Gasteiger partial charge on any atom is 0.322 e. The fraction of sp³-hybridized carbons (Fsp3) is 0.571. The van der Waals surface area contributed by atoms with Gasteiger partial charge in [-0.15, -0.1) is 10.2 Å². The van der Waals surface area contributed by atoms with E-state index in [0.29, 0.717) is 5.16 Å². The van der Waals surface area contributed by atoms with E-state index in [4.69, 9.17) is 9.47 Å². The van der Waals surface area contributed by atoms with Gasteiger partial charge in [0.2, 0.25) is 5.95 Å². The first-order chi connectivity index (χ1) is 14.2. The van der Waals surface area contributed by atoms with E-state index >= 15 is 0 Å². The van der Waals surface area contributed by atoms with Gasteiger partial charge in [0.15, 0.2) is 5.16 Å². The van der Waals surface area contributed by atoms with Crippen molar-refractivity contribution in [3.63, 3.8) is 0 Å². The topological polar surface area (TPSA) is 69.5 Å². The average molecular weight is 417 g/mol. The lowest BCUT2D eigenvalue weighted by Gasteiger charge is -2.44. The fourth-order valence-corrected chi connectivity index (χ4v) is 5.45. The highest BCUT2D eigenvalue weighted by Gasteiger charge is 2.50. The van der Waals surface area contributed by atoms with Crippen molar-refractivity contribution >= 4 is 23.7 Å². The van der Waals surface area contributed by atoms with Crippen molar-refractivity contribution in [2.24, 2.45) is 0 Å². The Morgan fingerprint density at radius 1 is 1.07 bits per heavy atom. The van der Waals surface area contributed by atoms with Crippen LogP contribution in [-0.4, -0.2) is 58.9 Å². The summed E-state index contributed by atoms with van der Waals surface area (Å²) in [5.41, 5.74) is 0.487. The molecule has 1 aromatic heterocycles. The Morgan fingerprint density at radius 3 is 2.38 bits per heavy atom. The van der Waals surface area contributed by atoms with Crippen LogP contribution in [0, 0.1) is 0 Å². The first kappa shape index (κ1) is 20.2. The van der Waals surface area contributed by atoms with Gasteiger partial charge < -0.3 is 14.4 Å². The van der Waals surface area contributed by atoms with Gasteiger partial charge in [0.25, 0.3) is 0 Å². The van der Waals surface area contributed by atoms with Crippen molar-refractivity contribution in [3.05, 3.63) is 30.3 Å². The van der Waals surface area contributed by atoms with E-state index < -0.39 is 10.9 Å². The van der Waals surface area contributed by atoms with Crippen LogP contribution in [0.1, 0.15) is 38.5 Å². The molecule has 0 bridgehead atoms. The normalized spacial score (nSPS) is 19.4. The zero-order valence-corrected chi connectivity index (χ0v) is 17.9. The Morgan fingerprint density at radius 2 is 1.79 bits per heavy atom. The number of ether oxygens (including phenoxy) is 2. The molecule has 2 fully saturated rings. The number of methoxy groups -OCH3 is 2. The summed E-state index contributed by atoms with van der Waals surface area (Å²) in [7, 11) is 3.11. The van der Waals surface area contributed by atoms with Crippen molar-refractivity contribution in [1.82, 2.24) is 14.8 Å². The number of benzene rings is 1. The van der Waals surface area contributed by atoms with E-state index in [1.165, 1.54) is 25.3 Å². The molecule has 29 heavy (non-hydrogen) atoms. The van der Waals surface area contributed by atoms with Gasteiger partial charge in [-0.05, 0) is 50.7 Å². The lowest BCUT2D eigenvalue weighted by molar-refractivity contribution is -0.151. The van der Waals surface area contributed by atoms with Crippen LogP contribution in [-0.2, 0) is 14.3 Å². The summed E-state index contributed by atoms with van der Waals surface area (Å²) in [4.78, 5) is 15.0. The van der Waals surface area contributed by atoms with E-state index in [0.717, 1.165) is 56.8 Å². The van der Waals surface area contributed by atoms with Crippen LogP contribution in [0.4, 0.5) is 5.95 Å². The number of piperidine rings is 1. The maximum atomic E-state index is 12.7. The van der Waals surface area contributed by atoms with Crippen LogP contribution >= 0.6 is 11.8 Å². The summed E-state index contributed by atoms with van der Waals surface area (Å²) < 4.78 is 13.0. The SMILES string of the molecule is COC(=O)[C@@H](Sc1nnc(N2CCCCC2)n1-c1ccccc1)C1(OC)CCC1. The van der Waals surface area contributed by atoms with Gasteiger partial charge in [0, 0.05) is 20.2 Å². The van der Waals surface area contributed by atoms with Gasteiger partial charge in [-0.3, -0.25) is 9.36 Å². The third kappa shape index (κ3) is 3.88. The molecule has 0 radical (unpaired) electrons. The van der Waals surface area contributed by atoms with Crippen molar-refractivity contribution in [2.75, 3.05) is 32.2 Å². The second-order valence-corrected chi connectivity index (χ2v) is 8.72. The lowest BCUT2D eigenvalue weighted by Crippen LogP contribution is -2.52. The van der Waals surface area contributed by atoms with E-state index in [1.54, 1.807) is 7.11 Å². The van der Waals surface area contributed by atoms with Gasteiger partial charge in [-0.1, -0.05) is 30.0 Å². The lowest BCUT2D eigenvalue weighted by atomic mass is 9.77. The van der Waals surface area contributed by atoms with E-state index in [2.05, 4.69) is 19.7 Å². The van der Waals surface area contributed by atoms with Crippen molar-refractivity contribution in [3.8, 4) is 5.69 Å². The Kier molecular flexibility index (Phi) is 6.10. The molecule has 1 atom stereocenters. The molecule has 1 aromatic carbocycles. The van der Waals surface area contributed by atoms with Gasteiger partial charge in [-0.25, -0.2) is 0 Å². The average Bonchev–Trinajstić information content (AvgIpc) is 3.17. The standard InChI is InChI=1S/C21H28N4O3S/c1-27-18(26)17(21(28-2)12-9-13-21)29-20-23-22-19(24-14-7-4-8-15-24)25(20)16-10-5-3-6-11-16/h3,5-6,10-11,17H,4,7-9,12-15H2,1-2H3/t17-/m1/s1. The summed E-state index contributed by atoms with van der Waals surface area (Å²) in [6.07, 6.45) is 6.29. The quantitative estimate of drug-likeness (QED) is 0.506. The molecule has 1 saturated carbocycles. The third-order valence-corrected chi connectivity index (χ3v) is 7.33. The number of hydrogen-bond acceptors (Lipinski definition) is 7. The van der Waals surface area contributed by atoms with Gasteiger partial charge in [-0.2, -0.15) is 0 Å². The minimum Gasteiger partial charge on any atom is -0.468 e. The molecule has 2 aromatic rings. The number of nitrogens with zero attached hydrogens (tertiary/aromatic N) is 4. The first-order valence-electron chi connectivity index (χ1n) is 10.2. The molecule has 4 rings (SSSR count).